The van der Waals surface area contributed by atoms with E-state index in [9.17, 15) is 9.90 Å². The van der Waals surface area contributed by atoms with E-state index in [1.807, 2.05) is 0 Å². The SMILES string of the molecule is O=C(NCc1cccc(Cl)c1Cl)[C@]1(F)CCC(O)c2ncccc21. The van der Waals surface area contributed by atoms with Crippen molar-refractivity contribution in [2.24, 2.45) is 0 Å². The van der Waals surface area contributed by atoms with E-state index in [4.69, 9.17) is 23.2 Å². The molecule has 0 saturated carbocycles. The lowest BCUT2D eigenvalue weighted by molar-refractivity contribution is -0.135. The van der Waals surface area contributed by atoms with Crippen molar-refractivity contribution in [3.05, 3.63) is 63.4 Å². The first-order chi connectivity index (χ1) is 11.4. The number of halogens is 3. The van der Waals surface area contributed by atoms with Gasteiger partial charge in [-0.2, -0.15) is 0 Å². The maximum atomic E-state index is 15.4. The van der Waals surface area contributed by atoms with E-state index in [0.717, 1.165) is 0 Å². The summed E-state index contributed by atoms with van der Waals surface area (Å²) in [6.07, 6.45) is 0.630. The van der Waals surface area contributed by atoms with Gasteiger partial charge in [0.15, 0.2) is 0 Å². The number of pyridine rings is 1. The molecule has 2 atom stereocenters. The minimum atomic E-state index is -2.23. The van der Waals surface area contributed by atoms with Gasteiger partial charge in [0.1, 0.15) is 0 Å². The van der Waals surface area contributed by atoms with E-state index < -0.39 is 17.7 Å². The molecular formula is C17H15Cl2FN2O2. The number of nitrogens with one attached hydrogen (secondary N) is 1. The lowest BCUT2D eigenvalue weighted by Crippen LogP contribution is -2.44. The second-order valence-corrected chi connectivity index (χ2v) is 6.47. The van der Waals surface area contributed by atoms with Gasteiger partial charge in [0.2, 0.25) is 5.67 Å². The molecule has 0 fully saturated rings. The average Bonchev–Trinajstić information content (AvgIpc) is 2.59. The summed E-state index contributed by atoms with van der Waals surface area (Å²) in [6.45, 7) is 0.0576. The lowest BCUT2D eigenvalue weighted by atomic mass is 9.81. The number of hydrogen-bond donors (Lipinski definition) is 2. The van der Waals surface area contributed by atoms with Crippen molar-refractivity contribution in [3.8, 4) is 0 Å². The molecule has 1 aromatic carbocycles. The number of aromatic nitrogens is 1. The molecule has 1 unspecified atom stereocenters. The number of fused-ring (bicyclic) bond motifs is 1. The molecule has 1 aliphatic carbocycles. The summed E-state index contributed by atoms with van der Waals surface area (Å²) in [4.78, 5) is 16.5. The lowest BCUT2D eigenvalue weighted by Gasteiger charge is -2.32. The van der Waals surface area contributed by atoms with Crippen molar-refractivity contribution < 1.29 is 14.3 Å². The quantitative estimate of drug-likeness (QED) is 0.868. The highest BCUT2D eigenvalue weighted by atomic mass is 35.5. The first-order valence-electron chi connectivity index (χ1n) is 7.47. The smallest absolute Gasteiger partial charge is 0.262 e. The van der Waals surface area contributed by atoms with Crippen LogP contribution in [0.1, 0.15) is 35.8 Å². The first-order valence-corrected chi connectivity index (χ1v) is 8.22. The van der Waals surface area contributed by atoms with Crippen LogP contribution >= 0.6 is 23.2 Å². The van der Waals surface area contributed by atoms with Gasteiger partial charge in [-0.15, -0.1) is 0 Å². The largest absolute Gasteiger partial charge is 0.387 e. The van der Waals surface area contributed by atoms with E-state index in [0.29, 0.717) is 15.6 Å². The predicted octanol–water partition coefficient (Wildman–Crippen LogP) is 3.70. The van der Waals surface area contributed by atoms with Crippen molar-refractivity contribution in [1.29, 1.82) is 0 Å². The van der Waals surface area contributed by atoms with Crippen molar-refractivity contribution in [2.45, 2.75) is 31.2 Å². The van der Waals surface area contributed by atoms with Gasteiger partial charge in [-0.1, -0.05) is 41.4 Å². The van der Waals surface area contributed by atoms with Crippen molar-refractivity contribution >= 4 is 29.1 Å². The molecule has 3 rings (SSSR count). The zero-order chi connectivity index (χ0) is 17.3. The summed E-state index contributed by atoms with van der Waals surface area (Å²) >= 11 is 12.0. The van der Waals surface area contributed by atoms with Gasteiger partial charge in [-0.3, -0.25) is 9.78 Å². The summed E-state index contributed by atoms with van der Waals surface area (Å²) in [6, 6.07) is 8.08. The van der Waals surface area contributed by atoms with Crippen LogP contribution in [-0.2, 0) is 17.0 Å². The average molecular weight is 369 g/mol. The molecule has 2 N–H and O–H groups in total. The summed E-state index contributed by atoms with van der Waals surface area (Å²) in [5, 5.41) is 13.2. The highest BCUT2D eigenvalue weighted by molar-refractivity contribution is 6.42. The summed E-state index contributed by atoms with van der Waals surface area (Å²) in [5.74, 6) is -0.778. The van der Waals surface area contributed by atoms with Gasteiger partial charge >= 0.3 is 0 Å². The molecule has 1 heterocycles. The van der Waals surface area contributed by atoms with Crippen LogP contribution in [0, 0.1) is 0 Å². The number of carbonyl (C=O) groups is 1. The van der Waals surface area contributed by atoms with Crippen molar-refractivity contribution in [2.75, 3.05) is 0 Å². The predicted molar refractivity (Wildman–Crippen MR) is 89.5 cm³/mol. The number of alkyl halides is 1. The molecule has 7 heteroatoms. The Morgan fingerprint density at radius 1 is 1.38 bits per heavy atom. The Morgan fingerprint density at radius 2 is 2.17 bits per heavy atom. The molecule has 0 aliphatic heterocycles. The van der Waals surface area contributed by atoms with Gasteiger partial charge in [0.05, 0.1) is 21.8 Å². The van der Waals surface area contributed by atoms with Gasteiger partial charge in [-0.25, -0.2) is 4.39 Å². The van der Waals surface area contributed by atoms with E-state index >= 15 is 4.39 Å². The van der Waals surface area contributed by atoms with E-state index in [-0.39, 0.29) is 30.6 Å². The van der Waals surface area contributed by atoms with E-state index in [1.165, 1.54) is 12.3 Å². The van der Waals surface area contributed by atoms with Gasteiger partial charge in [0, 0.05) is 18.3 Å². The van der Waals surface area contributed by atoms with Crippen molar-refractivity contribution in [3.63, 3.8) is 0 Å². The second kappa shape index (κ2) is 6.67. The molecule has 4 nitrogen and oxygen atoms in total. The molecule has 1 aromatic heterocycles. The summed E-state index contributed by atoms with van der Waals surface area (Å²) in [7, 11) is 0. The van der Waals surface area contributed by atoms with Crippen LogP contribution in [0.4, 0.5) is 4.39 Å². The fourth-order valence-electron chi connectivity index (χ4n) is 2.86. The van der Waals surface area contributed by atoms with Gasteiger partial charge in [0.25, 0.3) is 5.91 Å². The maximum absolute atomic E-state index is 15.4. The number of carbonyl (C=O) groups excluding carboxylic acids is 1. The van der Waals surface area contributed by atoms with Gasteiger partial charge in [-0.05, 0) is 30.5 Å². The molecule has 1 aliphatic rings. The fourth-order valence-corrected chi connectivity index (χ4v) is 3.25. The normalized spacial score (nSPS) is 22.8. The number of benzene rings is 1. The minimum Gasteiger partial charge on any atom is -0.387 e. The van der Waals surface area contributed by atoms with Crippen LogP contribution in [0.5, 0.6) is 0 Å². The van der Waals surface area contributed by atoms with Crippen LogP contribution in [-0.4, -0.2) is 16.0 Å². The Labute approximate surface area is 148 Å². The Hall–Kier alpha value is -1.69. The zero-order valence-electron chi connectivity index (χ0n) is 12.6. The van der Waals surface area contributed by atoms with Gasteiger partial charge < -0.3 is 10.4 Å². The Bertz CT molecular complexity index is 787. The van der Waals surface area contributed by atoms with Crippen LogP contribution < -0.4 is 5.32 Å². The number of rotatable bonds is 3. The molecule has 0 saturated heterocycles. The van der Waals surface area contributed by atoms with Crippen molar-refractivity contribution in [1.82, 2.24) is 10.3 Å². The third kappa shape index (κ3) is 2.99. The molecule has 0 spiro atoms. The Morgan fingerprint density at radius 3 is 2.96 bits per heavy atom. The summed E-state index contributed by atoms with van der Waals surface area (Å²) < 4.78 is 15.4. The Balaban J connectivity index is 1.82. The fraction of sp³-hybridized carbons (Fsp3) is 0.294. The monoisotopic (exact) mass is 368 g/mol. The van der Waals surface area contributed by atoms with Crippen LogP contribution in [0.3, 0.4) is 0 Å². The van der Waals surface area contributed by atoms with E-state index in [2.05, 4.69) is 10.3 Å². The third-order valence-electron chi connectivity index (χ3n) is 4.17. The number of aliphatic hydroxyl groups excluding tert-OH is 1. The van der Waals surface area contributed by atoms with Crippen LogP contribution in [0.2, 0.25) is 10.0 Å². The topological polar surface area (TPSA) is 62.2 Å². The molecule has 24 heavy (non-hydrogen) atoms. The standard InChI is InChI=1S/C17H15Cl2FN2O2/c18-12-5-1-3-10(14(12)19)9-22-16(24)17(20)7-6-13(23)15-11(17)4-2-8-21-15/h1-5,8,13,23H,6-7,9H2,(H,22,24)/t13?,17-/m0/s1. The minimum absolute atomic E-state index is 0.0576. The third-order valence-corrected chi connectivity index (χ3v) is 5.03. The first kappa shape index (κ1) is 17.1. The molecule has 0 radical (unpaired) electrons. The molecule has 1 amide bonds. The second-order valence-electron chi connectivity index (χ2n) is 5.69. The molecular weight excluding hydrogens is 354 g/mol. The highest BCUT2D eigenvalue weighted by Gasteiger charge is 2.46. The number of nitrogens with zero attached hydrogens (tertiary/aromatic N) is 1. The highest BCUT2D eigenvalue weighted by Crippen LogP contribution is 2.42. The van der Waals surface area contributed by atoms with Crippen LogP contribution in [0.15, 0.2) is 36.5 Å². The molecule has 2 aromatic rings. The number of amides is 1. The molecule has 126 valence electrons. The molecule has 0 bridgehead atoms. The van der Waals surface area contributed by atoms with Crippen LogP contribution in [0.25, 0.3) is 0 Å². The van der Waals surface area contributed by atoms with E-state index in [1.54, 1.807) is 24.3 Å². The summed E-state index contributed by atoms with van der Waals surface area (Å²) in [5.41, 5.74) is -1.31. The Kier molecular flexibility index (Phi) is 4.76. The maximum Gasteiger partial charge on any atom is 0.262 e. The number of aliphatic hydroxyl groups is 1. The zero-order valence-corrected chi connectivity index (χ0v) is 14.1. The number of hydrogen-bond acceptors (Lipinski definition) is 3.